The average molecular weight is 414 g/mol. The standard InChI is InChI=1S/C19H15IN2O/c20-15-4-1-12(2-5-15)17-10-18(17)19(23)22-16-6-3-14-11-21-8-7-13(14)9-16/h1-9,11,17-18H,10H2,(H,22,23)/t17?,18-/m1/s1. The van der Waals surface area contributed by atoms with Crippen molar-refractivity contribution >= 4 is 45.0 Å². The smallest absolute Gasteiger partial charge is 0.228 e. The molecular weight excluding hydrogens is 399 g/mol. The number of fused-ring (bicyclic) bond motifs is 1. The number of carbonyl (C=O) groups excluding carboxylic acids is 1. The second kappa shape index (κ2) is 5.92. The number of nitrogens with zero attached hydrogens (tertiary/aromatic N) is 1. The van der Waals surface area contributed by atoms with Gasteiger partial charge in [-0.1, -0.05) is 18.2 Å². The molecule has 1 saturated carbocycles. The molecule has 1 aliphatic rings. The molecule has 4 heteroatoms. The number of nitrogens with one attached hydrogen (secondary N) is 1. The number of hydrogen-bond acceptors (Lipinski definition) is 2. The van der Waals surface area contributed by atoms with Crippen molar-refractivity contribution in [3.63, 3.8) is 0 Å². The topological polar surface area (TPSA) is 42.0 Å². The van der Waals surface area contributed by atoms with Gasteiger partial charge in [0.1, 0.15) is 0 Å². The molecule has 1 unspecified atom stereocenters. The van der Waals surface area contributed by atoms with E-state index in [1.54, 1.807) is 6.20 Å². The zero-order chi connectivity index (χ0) is 15.8. The molecule has 0 bridgehead atoms. The fraction of sp³-hybridized carbons (Fsp3) is 0.158. The Bertz CT molecular complexity index is 876. The van der Waals surface area contributed by atoms with Crippen LogP contribution in [0, 0.1) is 9.49 Å². The number of anilines is 1. The van der Waals surface area contributed by atoms with Gasteiger partial charge in [-0.3, -0.25) is 9.78 Å². The van der Waals surface area contributed by atoms with E-state index in [4.69, 9.17) is 0 Å². The second-order valence-electron chi connectivity index (χ2n) is 5.93. The number of amides is 1. The Hall–Kier alpha value is -1.95. The number of hydrogen-bond donors (Lipinski definition) is 1. The van der Waals surface area contributed by atoms with Crippen molar-refractivity contribution in [1.82, 2.24) is 4.98 Å². The molecule has 0 saturated heterocycles. The van der Waals surface area contributed by atoms with E-state index >= 15 is 0 Å². The van der Waals surface area contributed by atoms with E-state index in [9.17, 15) is 4.79 Å². The zero-order valence-corrected chi connectivity index (χ0v) is 14.5. The van der Waals surface area contributed by atoms with Gasteiger partial charge in [0.05, 0.1) is 0 Å². The molecule has 23 heavy (non-hydrogen) atoms. The van der Waals surface area contributed by atoms with Crippen molar-refractivity contribution in [2.24, 2.45) is 5.92 Å². The highest BCUT2D eigenvalue weighted by atomic mass is 127. The molecule has 1 aliphatic carbocycles. The van der Waals surface area contributed by atoms with Gasteiger partial charge in [-0.2, -0.15) is 0 Å². The lowest BCUT2D eigenvalue weighted by Crippen LogP contribution is -2.14. The number of benzene rings is 2. The van der Waals surface area contributed by atoms with Gasteiger partial charge >= 0.3 is 0 Å². The molecule has 4 rings (SSSR count). The number of pyridine rings is 1. The second-order valence-corrected chi connectivity index (χ2v) is 7.17. The average Bonchev–Trinajstić information content (AvgIpc) is 3.36. The summed E-state index contributed by atoms with van der Waals surface area (Å²) in [6, 6.07) is 16.3. The summed E-state index contributed by atoms with van der Waals surface area (Å²) in [5, 5.41) is 5.21. The van der Waals surface area contributed by atoms with Crippen LogP contribution in [-0.2, 0) is 4.79 Å². The molecule has 1 fully saturated rings. The SMILES string of the molecule is O=C(Nc1ccc2cnccc2c1)[C@@H]1CC1c1ccc(I)cc1. The minimum absolute atomic E-state index is 0.0863. The fourth-order valence-corrected chi connectivity index (χ4v) is 3.32. The monoisotopic (exact) mass is 414 g/mol. The van der Waals surface area contributed by atoms with Crippen LogP contribution >= 0.6 is 22.6 Å². The maximum atomic E-state index is 12.4. The molecule has 2 aromatic carbocycles. The Kier molecular flexibility index (Phi) is 3.77. The van der Waals surface area contributed by atoms with Gasteiger partial charge in [-0.05, 0) is 76.2 Å². The van der Waals surface area contributed by atoms with Gasteiger partial charge in [0.15, 0.2) is 0 Å². The summed E-state index contributed by atoms with van der Waals surface area (Å²) in [4.78, 5) is 16.5. The van der Waals surface area contributed by atoms with Crippen LogP contribution in [0.4, 0.5) is 5.69 Å². The highest BCUT2D eigenvalue weighted by molar-refractivity contribution is 14.1. The predicted octanol–water partition coefficient (Wildman–Crippen LogP) is 4.58. The fourth-order valence-electron chi connectivity index (χ4n) is 2.96. The van der Waals surface area contributed by atoms with E-state index in [1.165, 1.54) is 9.13 Å². The van der Waals surface area contributed by atoms with E-state index in [0.717, 1.165) is 22.9 Å². The molecule has 0 aliphatic heterocycles. The Labute approximate surface area is 148 Å². The first-order valence-corrected chi connectivity index (χ1v) is 8.69. The normalized spacial score (nSPS) is 19.5. The quantitative estimate of drug-likeness (QED) is 0.638. The van der Waals surface area contributed by atoms with E-state index in [2.05, 4.69) is 57.2 Å². The third-order valence-corrected chi connectivity index (χ3v) is 5.05. The van der Waals surface area contributed by atoms with Crippen molar-refractivity contribution in [2.45, 2.75) is 12.3 Å². The Balaban J connectivity index is 1.46. The van der Waals surface area contributed by atoms with Crippen LogP contribution < -0.4 is 5.32 Å². The van der Waals surface area contributed by atoms with Crippen LogP contribution in [0.2, 0.25) is 0 Å². The summed E-state index contributed by atoms with van der Waals surface area (Å²) >= 11 is 2.30. The third-order valence-electron chi connectivity index (χ3n) is 4.33. The summed E-state index contributed by atoms with van der Waals surface area (Å²) in [6.45, 7) is 0. The molecule has 1 aromatic heterocycles. The third kappa shape index (κ3) is 3.08. The lowest BCUT2D eigenvalue weighted by atomic mass is 10.1. The molecule has 114 valence electrons. The van der Waals surface area contributed by atoms with Gasteiger partial charge in [0, 0.05) is 33.0 Å². The highest BCUT2D eigenvalue weighted by Crippen LogP contribution is 2.48. The first kappa shape index (κ1) is 14.6. The van der Waals surface area contributed by atoms with Crippen LogP contribution in [0.15, 0.2) is 60.9 Å². The lowest BCUT2D eigenvalue weighted by molar-refractivity contribution is -0.117. The minimum atomic E-state index is 0.0863. The Morgan fingerprint density at radius 3 is 2.74 bits per heavy atom. The number of carbonyl (C=O) groups is 1. The van der Waals surface area contributed by atoms with E-state index in [-0.39, 0.29) is 11.8 Å². The van der Waals surface area contributed by atoms with E-state index in [1.807, 2.05) is 30.5 Å². The van der Waals surface area contributed by atoms with Crippen LogP contribution in [0.3, 0.4) is 0 Å². The minimum Gasteiger partial charge on any atom is -0.326 e. The van der Waals surface area contributed by atoms with Crippen molar-refractivity contribution in [3.05, 3.63) is 70.1 Å². The van der Waals surface area contributed by atoms with E-state index < -0.39 is 0 Å². The van der Waals surface area contributed by atoms with Crippen molar-refractivity contribution in [1.29, 1.82) is 0 Å². The number of aromatic nitrogens is 1. The van der Waals surface area contributed by atoms with Crippen molar-refractivity contribution in [2.75, 3.05) is 5.32 Å². The highest BCUT2D eigenvalue weighted by Gasteiger charge is 2.43. The van der Waals surface area contributed by atoms with Gasteiger partial charge < -0.3 is 5.32 Å². The van der Waals surface area contributed by atoms with E-state index in [0.29, 0.717) is 5.92 Å². The van der Waals surface area contributed by atoms with Gasteiger partial charge in [-0.15, -0.1) is 0 Å². The Morgan fingerprint density at radius 1 is 1.09 bits per heavy atom. The predicted molar refractivity (Wildman–Crippen MR) is 100 cm³/mol. The summed E-state index contributed by atoms with van der Waals surface area (Å²) in [6.07, 6.45) is 4.53. The number of rotatable bonds is 3. The summed E-state index contributed by atoms with van der Waals surface area (Å²) in [7, 11) is 0. The first-order chi connectivity index (χ1) is 11.2. The number of halogens is 1. The van der Waals surface area contributed by atoms with Crippen molar-refractivity contribution in [3.8, 4) is 0 Å². The van der Waals surface area contributed by atoms with Gasteiger partial charge in [-0.25, -0.2) is 0 Å². The molecule has 0 spiro atoms. The maximum absolute atomic E-state index is 12.4. The first-order valence-electron chi connectivity index (χ1n) is 7.61. The van der Waals surface area contributed by atoms with Gasteiger partial charge in [0.25, 0.3) is 0 Å². The van der Waals surface area contributed by atoms with Crippen LogP contribution in [0.1, 0.15) is 17.9 Å². The summed E-state index contributed by atoms with van der Waals surface area (Å²) < 4.78 is 1.22. The molecule has 1 heterocycles. The van der Waals surface area contributed by atoms with Crippen LogP contribution in [-0.4, -0.2) is 10.9 Å². The van der Waals surface area contributed by atoms with Crippen molar-refractivity contribution < 1.29 is 4.79 Å². The zero-order valence-electron chi connectivity index (χ0n) is 12.4. The molecule has 3 nitrogen and oxygen atoms in total. The van der Waals surface area contributed by atoms with Crippen LogP contribution in [0.25, 0.3) is 10.8 Å². The largest absolute Gasteiger partial charge is 0.326 e. The molecule has 2 atom stereocenters. The molecule has 3 aromatic rings. The molecule has 0 radical (unpaired) electrons. The Morgan fingerprint density at radius 2 is 1.91 bits per heavy atom. The summed E-state index contributed by atoms with van der Waals surface area (Å²) in [5.41, 5.74) is 2.11. The maximum Gasteiger partial charge on any atom is 0.228 e. The van der Waals surface area contributed by atoms with Gasteiger partial charge in [0.2, 0.25) is 5.91 Å². The molecule has 1 amide bonds. The molecule has 1 N–H and O–H groups in total. The molecular formula is C19H15IN2O. The lowest BCUT2D eigenvalue weighted by Gasteiger charge is -2.06. The summed E-state index contributed by atoms with van der Waals surface area (Å²) in [5.74, 6) is 0.557. The van der Waals surface area contributed by atoms with Crippen LogP contribution in [0.5, 0.6) is 0 Å².